The van der Waals surface area contributed by atoms with Gasteiger partial charge in [-0.1, -0.05) is 13.8 Å². The van der Waals surface area contributed by atoms with Gasteiger partial charge in [-0.05, 0) is 44.7 Å². The van der Waals surface area contributed by atoms with Crippen LogP contribution in [0, 0.1) is 18.7 Å². The SMILES string of the molecule is COc1ccc2c(C)c(F)c(=O)oc2c1OCCCCCCOC(=O)C(C)C. The molecular formula is C21H27FO6. The van der Waals surface area contributed by atoms with Gasteiger partial charge in [0.25, 0.3) is 0 Å². The molecule has 6 nitrogen and oxygen atoms in total. The number of methoxy groups -OCH3 is 1. The van der Waals surface area contributed by atoms with Crippen LogP contribution in [0.4, 0.5) is 4.39 Å². The summed E-state index contributed by atoms with van der Waals surface area (Å²) in [5.74, 6) is -0.476. The number of carbonyl (C=O) groups excluding carboxylic acids is 1. The lowest BCUT2D eigenvalue weighted by atomic mass is 10.1. The first-order valence-corrected chi connectivity index (χ1v) is 9.46. The minimum atomic E-state index is -1.03. The number of ether oxygens (including phenoxy) is 3. The Balaban J connectivity index is 1.92. The molecule has 7 heteroatoms. The fourth-order valence-electron chi connectivity index (χ4n) is 2.72. The van der Waals surface area contributed by atoms with Gasteiger partial charge in [0.2, 0.25) is 11.6 Å². The van der Waals surface area contributed by atoms with Crippen molar-refractivity contribution in [1.29, 1.82) is 0 Å². The number of hydrogen-bond acceptors (Lipinski definition) is 6. The number of fused-ring (bicyclic) bond motifs is 1. The van der Waals surface area contributed by atoms with Gasteiger partial charge in [-0.3, -0.25) is 4.79 Å². The smallest absolute Gasteiger partial charge is 0.373 e. The Bertz CT molecular complexity index is 871. The summed E-state index contributed by atoms with van der Waals surface area (Å²) in [6.45, 7) is 5.95. The molecule has 2 rings (SSSR count). The van der Waals surface area contributed by atoms with E-state index in [-0.39, 0.29) is 23.0 Å². The van der Waals surface area contributed by atoms with E-state index < -0.39 is 11.4 Å². The Kier molecular flexibility index (Phi) is 7.84. The van der Waals surface area contributed by atoms with Crippen molar-refractivity contribution in [3.63, 3.8) is 0 Å². The molecule has 0 amide bonds. The Labute approximate surface area is 163 Å². The number of halogens is 1. The summed E-state index contributed by atoms with van der Waals surface area (Å²) in [7, 11) is 1.49. The quantitative estimate of drug-likeness (QED) is 0.338. The maximum Gasteiger partial charge on any atom is 0.373 e. The molecule has 0 aliphatic rings. The van der Waals surface area contributed by atoms with Crippen molar-refractivity contribution in [3.8, 4) is 11.5 Å². The van der Waals surface area contributed by atoms with Crippen LogP contribution in [0.5, 0.6) is 11.5 Å². The molecular weight excluding hydrogens is 367 g/mol. The summed E-state index contributed by atoms with van der Waals surface area (Å²) in [4.78, 5) is 23.1. The average Bonchev–Trinajstić information content (AvgIpc) is 2.67. The highest BCUT2D eigenvalue weighted by atomic mass is 19.1. The average molecular weight is 394 g/mol. The van der Waals surface area contributed by atoms with E-state index >= 15 is 0 Å². The van der Waals surface area contributed by atoms with Gasteiger partial charge in [0.1, 0.15) is 0 Å². The highest BCUT2D eigenvalue weighted by Gasteiger charge is 2.18. The molecule has 0 spiro atoms. The van der Waals surface area contributed by atoms with Gasteiger partial charge in [0, 0.05) is 10.9 Å². The summed E-state index contributed by atoms with van der Waals surface area (Å²) >= 11 is 0. The lowest BCUT2D eigenvalue weighted by Crippen LogP contribution is -2.12. The summed E-state index contributed by atoms with van der Waals surface area (Å²) in [5, 5.41) is 0.472. The number of rotatable bonds is 10. The molecule has 1 aromatic carbocycles. The molecule has 0 unspecified atom stereocenters. The van der Waals surface area contributed by atoms with E-state index in [0.29, 0.717) is 30.1 Å². The molecule has 0 saturated heterocycles. The molecule has 0 saturated carbocycles. The molecule has 28 heavy (non-hydrogen) atoms. The first-order chi connectivity index (χ1) is 13.4. The normalized spacial score (nSPS) is 11.1. The van der Waals surface area contributed by atoms with E-state index in [9.17, 15) is 14.0 Å². The van der Waals surface area contributed by atoms with Crippen LogP contribution in [-0.2, 0) is 9.53 Å². The minimum Gasteiger partial charge on any atom is -0.493 e. The number of unbranched alkanes of at least 4 members (excludes halogenated alkanes) is 3. The van der Waals surface area contributed by atoms with Crippen molar-refractivity contribution < 1.29 is 27.8 Å². The zero-order chi connectivity index (χ0) is 20.7. The van der Waals surface area contributed by atoms with E-state index in [4.69, 9.17) is 18.6 Å². The van der Waals surface area contributed by atoms with Gasteiger partial charge in [0.05, 0.1) is 26.2 Å². The molecule has 0 N–H and O–H groups in total. The molecule has 0 atom stereocenters. The standard InChI is InChI=1S/C21H27FO6/c1-13(2)20(23)27-12-8-6-5-7-11-26-19-16(25-4)10-9-15-14(3)17(22)21(24)28-18(15)19/h9-10,13H,5-8,11-12H2,1-4H3. The first-order valence-electron chi connectivity index (χ1n) is 9.46. The van der Waals surface area contributed by atoms with Crippen molar-refractivity contribution in [2.75, 3.05) is 20.3 Å². The van der Waals surface area contributed by atoms with Crippen LogP contribution < -0.4 is 15.1 Å². The van der Waals surface area contributed by atoms with Crippen LogP contribution in [-0.4, -0.2) is 26.3 Å². The molecule has 2 aromatic rings. The van der Waals surface area contributed by atoms with Gasteiger partial charge < -0.3 is 18.6 Å². The predicted octanol–water partition coefficient (Wildman–Crippen LogP) is 4.39. The van der Waals surface area contributed by atoms with E-state index in [1.807, 2.05) is 0 Å². The van der Waals surface area contributed by atoms with Crippen LogP contribution >= 0.6 is 0 Å². The Morgan fingerprint density at radius 3 is 2.46 bits per heavy atom. The fourth-order valence-corrected chi connectivity index (χ4v) is 2.72. The molecule has 1 heterocycles. The van der Waals surface area contributed by atoms with Gasteiger partial charge in [-0.25, -0.2) is 4.79 Å². The third-order valence-corrected chi connectivity index (χ3v) is 4.40. The second-order valence-electron chi connectivity index (χ2n) is 6.89. The molecule has 1 aromatic heterocycles. The second-order valence-corrected chi connectivity index (χ2v) is 6.89. The van der Waals surface area contributed by atoms with Crippen molar-refractivity contribution in [2.45, 2.75) is 46.5 Å². The van der Waals surface area contributed by atoms with E-state index in [0.717, 1.165) is 25.7 Å². The van der Waals surface area contributed by atoms with Crippen LogP contribution in [0.3, 0.4) is 0 Å². The zero-order valence-corrected chi connectivity index (χ0v) is 16.8. The van der Waals surface area contributed by atoms with Gasteiger partial charge in [0.15, 0.2) is 11.3 Å². The summed E-state index contributed by atoms with van der Waals surface area (Å²) in [5.41, 5.74) is -0.627. The maximum absolute atomic E-state index is 13.8. The van der Waals surface area contributed by atoms with E-state index in [1.54, 1.807) is 26.0 Å². The largest absolute Gasteiger partial charge is 0.493 e. The summed E-state index contributed by atoms with van der Waals surface area (Å²) in [6, 6.07) is 3.30. The van der Waals surface area contributed by atoms with Gasteiger partial charge in [-0.15, -0.1) is 0 Å². The third kappa shape index (κ3) is 5.24. The van der Waals surface area contributed by atoms with E-state index in [1.165, 1.54) is 14.0 Å². The monoisotopic (exact) mass is 394 g/mol. The number of aryl methyl sites for hydroxylation is 1. The topological polar surface area (TPSA) is 75.0 Å². The van der Waals surface area contributed by atoms with Gasteiger partial charge >= 0.3 is 11.6 Å². The van der Waals surface area contributed by atoms with Crippen molar-refractivity contribution in [2.24, 2.45) is 5.92 Å². The molecule has 0 aliphatic heterocycles. The lowest BCUT2D eigenvalue weighted by Gasteiger charge is -2.13. The van der Waals surface area contributed by atoms with Crippen LogP contribution in [0.25, 0.3) is 11.0 Å². The van der Waals surface area contributed by atoms with Crippen LogP contribution in [0.2, 0.25) is 0 Å². The Hall–Kier alpha value is -2.57. The maximum atomic E-state index is 13.8. The third-order valence-electron chi connectivity index (χ3n) is 4.40. The number of carbonyl (C=O) groups is 1. The molecule has 0 aliphatic carbocycles. The van der Waals surface area contributed by atoms with Crippen molar-refractivity contribution >= 4 is 16.9 Å². The molecule has 0 fully saturated rings. The fraction of sp³-hybridized carbons (Fsp3) is 0.524. The Morgan fingerprint density at radius 2 is 1.82 bits per heavy atom. The number of esters is 1. The lowest BCUT2D eigenvalue weighted by molar-refractivity contribution is -0.147. The summed E-state index contributed by atoms with van der Waals surface area (Å²) < 4.78 is 35.1. The van der Waals surface area contributed by atoms with Gasteiger partial charge in [-0.2, -0.15) is 4.39 Å². The zero-order valence-electron chi connectivity index (χ0n) is 16.8. The second kappa shape index (κ2) is 10.1. The first kappa shape index (κ1) is 21.7. The van der Waals surface area contributed by atoms with Crippen molar-refractivity contribution in [3.05, 3.63) is 33.9 Å². The predicted molar refractivity (Wildman–Crippen MR) is 103 cm³/mol. The molecule has 0 radical (unpaired) electrons. The van der Waals surface area contributed by atoms with Crippen molar-refractivity contribution in [1.82, 2.24) is 0 Å². The van der Waals surface area contributed by atoms with E-state index in [2.05, 4.69) is 0 Å². The minimum absolute atomic E-state index is 0.110. The summed E-state index contributed by atoms with van der Waals surface area (Å²) in [6.07, 6.45) is 3.36. The highest BCUT2D eigenvalue weighted by molar-refractivity contribution is 5.87. The number of benzene rings is 1. The highest BCUT2D eigenvalue weighted by Crippen LogP contribution is 2.36. The van der Waals surface area contributed by atoms with Crippen LogP contribution in [0.15, 0.2) is 21.3 Å². The Morgan fingerprint density at radius 1 is 1.14 bits per heavy atom. The van der Waals surface area contributed by atoms with Crippen LogP contribution in [0.1, 0.15) is 45.1 Å². The molecule has 154 valence electrons. The molecule has 0 bridgehead atoms. The number of hydrogen-bond donors (Lipinski definition) is 0.